The lowest BCUT2D eigenvalue weighted by molar-refractivity contribution is 0.101. The zero-order chi connectivity index (χ0) is 15.6. The summed E-state index contributed by atoms with van der Waals surface area (Å²) in [5.74, 6) is -0.815. The molecule has 0 aliphatic heterocycles. The molecule has 21 heavy (non-hydrogen) atoms. The summed E-state index contributed by atoms with van der Waals surface area (Å²) in [6.07, 6.45) is 1.08. The highest BCUT2D eigenvalue weighted by Crippen LogP contribution is 2.27. The van der Waals surface area contributed by atoms with Crippen LogP contribution in [0.5, 0.6) is 11.5 Å². The molecule has 6 heteroatoms. The topological polar surface area (TPSA) is 60.4 Å². The van der Waals surface area contributed by atoms with Crippen LogP contribution in [0.2, 0.25) is 0 Å². The van der Waals surface area contributed by atoms with Crippen molar-refractivity contribution >= 4 is 15.6 Å². The van der Waals surface area contributed by atoms with Crippen LogP contribution in [0.25, 0.3) is 0 Å². The summed E-state index contributed by atoms with van der Waals surface area (Å²) < 4.78 is 42.1. The second-order valence-electron chi connectivity index (χ2n) is 4.55. The second-order valence-corrected chi connectivity index (χ2v) is 6.57. The number of hydrogen-bond donors (Lipinski definition) is 0. The standard InChI is InChI=1S/C15H13FO4S/c1-10(17)11-6-7-15(14(16)8-11)20-12-4-3-5-13(9-12)21(2,18)19/h3-9H,1-2H3. The zero-order valence-electron chi connectivity index (χ0n) is 11.5. The summed E-state index contributed by atoms with van der Waals surface area (Å²) in [5, 5.41) is 0. The molecule has 2 aromatic rings. The number of carbonyl (C=O) groups is 1. The number of rotatable bonds is 4. The summed E-state index contributed by atoms with van der Waals surface area (Å²) in [5.41, 5.74) is 0.240. The maximum atomic E-state index is 13.8. The summed E-state index contributed by atoms with van der Waals surface area (Å²) in [4.78, 5) is 11.2. The van der Waals surface area contributed by atoms with Crippen LogP contribution in [-0.2, 0) is 9.84 Å². The molecule has 110 valence electrons. The molecule has 0 heterocycles. The lowest BCUT2D eigenvalue weighted by atomic mass is 10.1. The van der Waals surface area contributed by atoms with E-state index in [1.807, 2.05) is 0 Å². The fourth-order valence-electron chi connectivity index (χ4n) is 1.70. The monoisotopic (exact) mass is 308 g/mol. The first-order chi connectivity index (χ1) is 9.77. The van der Waals surface area contributed by atoms with Crippen molar-refractivity contribution < 1.29 is 22.3 Å². The number of halogens is 1. The van der Waals surface area contributed by atoms with Gasteiger partial charge in [0.15, 0.2) is 27.2 Å². The molecule has 0 aliphatic carbocycles. The molecular formula is C15H13FO4S. The van der Waals surface area contributed by atoms with Gasteiger partial charge >= 0.3 is 0 Å². The maximum Gasteiger partial charge on any atom is 0.175 e. The second kappa shape index (κ2) is 5.65. The maximum absolute atomic E-state index is 13.8. The molecule has 0 radical (unpaired) electrons. The number of carbonyl (C=O) groups excluding carboxylic acids is 1. The van der Waals surface area contributed by atoms with E-state index in [0.717, 1.165) is 12.3 Å². The Kier molecular flexibility index (Phi) is 4.09. The molecule has 2 aromatic carbocycles. The van der Waals surface area contributed by atoms with Gasteiger partial charge in [-0.05, 0) is 43.3 Å². The molecule has 0 aromatic heterocycles. The van der Waals surface area contributed by atoms with Crippen LogP contribution < -0.4 is 4.74 Å². The van der Waals surface area contributed by atoms with Crippen molar-refractivity contribution in [2.24, 2.45) is 0 Å². The molecule has 2 rings (SSSR count). The van der Waals surface area contributed by atoms with Gasteiger partial charge < -0.3 is 4.74 Å². The highest BCUT2D eigenvalue weighted by molar-refractivity contribution is 7.90. The van der Waals surface area contributed by atoms with Gasteiger partial charge in [-0.25, -0.2) is 12.8 Å². The van der Waals surface area contributed by atoms with Gasteiger partial charge in [0.1, 0.15) is 5.75 Å². The first-order valence-electron chi connectivity index (χ1n) is 6.06. The van der Waals surface area contributed by atoms with Crippen molar-refractivity contribution in [2.45, 2.75) is 11.8 Å². The van der Waals surface area contributed by atoms with Crippen molar-refractivity contribution in [1.82, 2.24) is 0 Å². The van der Waals surface area contributed by atoms with E-state index in [2.05, 4.69) is 0 Å². The lowest BCUT2D eigenvalue weighted by Gasteiger charge is -2.08. The molecule has 0 N–H and O–H groups in total. The third kappa shape index (κ3) is 3.66. The van der Waals surface area contributed by atoms with Crippen molar-refractivity contribution in [3.8, 4) is 11.5 Å². The van der Waals surface area contributed by atoms with Crippen molar-refractivity contribution in [1.29, 1.82) is 0 Å². The highest BCUT2D eigenvalue weighted by Gasteiger charge is 2.11. The minimum atomic E-state index is -3.36. The Bertz CT molecular complexity index is 797. The first kappa shape index (κ1) is 15.2. The molecule has 0 aliphatic rings. The first-order valence-corrected chi connectivity index (χ1v) is 7.95. The van der Waals surface area contributed by atoms with Gasteiger partial charge in [0.2, 0.25) is 0 Å². The fraction of sp³-hybridized carbons (Fsp3) is 0.133. The Morgan fingerprint density at radius 1 is 1.14 bits per heavy atom. The van der Waals surface area contributed by atoms with Crippen molar-refractivity contribution in [2.75, 3.05) is 6.26 Å². The number of ketones is 1. The molecule has 0 saturated carbocycles. The van der Waals surface area contributed by atoms with Crippen LogP contribution in [-0.4, -0.2) is 20.5 Å². The number of hydrogen-bond acceptors (Lipinski definition) is 4. The average Bonchev–Trinajstić information content (AvgIpc) is 2.40. The molecule has 0 saturated heterocycles. The average molecular weight is 308 g/mol. The normalized spacial score (nSPS) is 11.2. The van der Waals surface area contributed by atoms with E-state index < -0.39 is 15.7 Å². The number of ether oxygens (including phenoxy) is 1. The van der Waals surface area contributed by atoms with Gasteiger partial charge in [-0.15, -0.1) is 0 Å². The SMILES string of the molecule is CC(=O)c1ccc(Oc2cccc(S(C)(=O)=O)c2)c(F)c1. The van der Waals surface area contributed by atoms with Crippen LogP contribution in [0, 0.1) is 5.82 Å². The summed E-state index contributed by atoms with van der Waals surface area (Å²) in [6.45, 7) is 1.34. The number of sulfone groups is 1. The summed E-state index contributed by atoms with van der Waals surface area (Å²) in [7, 11) is -3.36. The Balaban J connectivity index is 2.33. The van der Waals surface area contributed by atoms with Gasteiger partial charge in [0.25, 0.3) is 0 Å². The largest absolute Gasteiger partial charge is 0.454 e. The third-order valence-corrected chi connectivity index (χ3v) is 3.91. The number of benzene rings is 2. The van der Waals surface area contributed by atoms with Crippen LogP contribution in [0.15, 0.2) is 47.4 Å². The predicted octanol–water partition coefficient (Wildman–Crippen LogP) is 3.22. The Morgan fingerprint density at radius 3 is 2.43 bits per heavy atom. The Hall–Kier alpha value is -2.21. The van der Waals surface area contributed by atoms with Gasteiger partial charge in [-0.1, -0.05) is 6.07 Å². The molecule has 0 atom stereocenters. The quantitative estimate of drug-likeness (QED) is 0.814. The minimum absolute atomic E-state index is 0.0781. The number of Topliss-reactive ketones (excluding diaryl/α,β-unsaturated/α-hetero) is 1. The van der Waals surface area contributed by atoms with E-state index in [4.69, 9.17) is 4.74 Å². The van der Waals surface area contributed by atoms with Gasteiger partial charge in [0, 0.05) is 11.8 Å². The Labute approximate surface area is 122 Å². The zero-order valence-corrected chi connectivity index (χ0v) is 12.3. The summed E-state index contributed by atoms with van der Waals surface area (Å²) in [6, 6.07) is 9.63. The molecule has 0 bridgehead atoms. The molecule has 0 amide bonds. The fourth-order valence-corrected chi connectivity index (χ4v) is 2.35. The van der Waals surface area contributed by atoms with Crippen LogP contribution in [0.4, 0.5) is 4.39 Å². The minimum Gasteiger partial charge on any atom is -0.454 e. The highest BCUT2D eigenvalue weighted by atomic mass is 32.2. The van der Waals surface area contributed by atoms with Crippen molar-refractivity contribution in [3.05, 3.63) is 53.8 Å². The summed E-state index contributed by atoms with van der Waals surface area (Å²) >= 11 is 0. The van der Waals surface area contributed by atoms with E-state index in [1.54, 1.807) is 0 Å². The van der Waals surface area contributed by atoms with Crippen LogP contribution >= 0.6 is 0 Å². The molecule has 4 nitrogen and oxygen atoms in total. The lowest BCUT2D eigenvalue weighted by Crippen LogP contribution is -1.98. The van der Waals surface area contributed by atoms with E-state index >= 15 is 0 Å². The van der Waals surface area contributed by atoms with Crippen LogP contribution in [0.1, 0.15) is 17.3 Å². The van der Waals surface area contributed by atoms with Gasteiger partial charge in [-0.2, -0.15) is 0 Å². The van der Waals surface area contributed by atoms with E-state index in [9.17, 15) is 17.6 Å². The van der Waals surface area contributed by atoms with Crippen LogP contribution in [0.3, 0.4) is 0 Å². The molecule has 0 fully saturated rings. The van der Waals surface area contributed by atoms with E-state index in [1.165, 1.54) is 43.3 Å². The molecule has 0 spiro atoms. The molecule has 0 unspecified atom stereocenters. The molecular weight excluding hydrogens is 295 g/mol. The smallest absolute Gasteiger partial charge is 0.175 e. The van der Waals surface area contributed by atoms with E-state index in [-0.39, 0.29) is 27.7 Å². The van der Waals surface area contributed by atoms with E-state index in [0.29, 0.717) is 0 Å². The van der Waals surface area contributed by atoms with Gasteiger partial charge in [0.05, 0.1) is 4.90 Å². The predicted molar refractivity (Wildman–Crippen MR) is 76.0 cm³/mol. The van der Waals surface area contributed by atoms with Crippen molar-refractivity contribution in [3.63, 3.8) is 0 Å². The Morgan fingerprint density at radius 2 is 1.86 bits per heavy atom. The van der Waals surface area contributed by atoms with Gasteiger partial charge in [-0.3, -0.25) is 4.79 Å². The third-order valence-electron chi connectivity index (χ3n) is 2.80.